The fourth-order valence-electron chi connectivity index (χ4n) is 2.79. The van der Waals surface area contributed by atoms with E-state index in [2.05, 4.69) is 15.9 Å². The lowest BCUT2D eigenvalue weighted by molar-refractivity contribution is -0.235. The molecule has 3 nitrogen and oxygen atoms in total. The molecular weight excluding hydrogens is 401 g/mol. The van der Waals surface area contributed by atoms with Crippen LogP contribution in [-0.4, -0.2) is 22.9 Å². The van der Waals surface area contributed by atoms with E-state index in [1.54, 1.807) is 24.3 Å². The van der Waals surface area contributed by atoms with Gasteiger partial charge in [-0.15, -0.1) is 0 Å². The van der Waals surface area contributed by atoms with Gasteiger partial charge in [0, 0.05) is 16.5 Å². The van der Waals surface area contributed by atoms with Crippen molar-refractivity contribution in [3.05, 3.63) is 69.7 Å². The summed E-state index contributed by atoms with van der Waals surface area (Å²) in [5.41, 5.74) is -3.22. The minimum absolute atomic E-state index is 0.00289. The molecule has 0 radical (unpaired) electrons. The quantitative estimate of drug-likeness (QED) is 0.783. The minimum atomic E-state index is -4.93. The molecule has 1 unspecified atom stereocenters. The van der Waals surface area contributed by atoms with Gasteiger partial charge in [-0.2, -0.15) is 13.2 Å². The lowest BCUT2D eigenvalue weighted by Crippen LogP contribution is -2.56. The van der Waals surface area contributed by atoms with Crippen LogP contribution in [0.25, 0.3) is 6.08 Å². The van der Waals surface area contributed by atoms with Crippen LogP contribution in [0.15, 0.2) is 58.6 Å². The van der Waals surface area contributed by atoms with Crippen LogP contribution in [0.3, 0.4) is 0 Å². The average Bonchev–Trinajstić information content (AvgIpc) is 2.55. The third-order valence-electron chi connectivity index (χ3n) is 4.02. The molecule has 1 N–H and O–H groups in total. The molecule has 2 aromatic rings. The predicted molar refractivity (Wildman–Crippen MR) is 89.3 cm³/mol. The second-order valence-electron chi connectivity index (χ2n) is 5.60. The number of aliphatic carboxylic acids is 1. The Kier molecular flexibility index (Phi) is 4.36. The number of hydrogen-bond acceptors (Lipinski definition) is 2. The number of carboxylic acid groups (broad SMARTS) is 1. The lowest BCUT2D eigenvalue weighted by Gasteiger charge is -2.39. The van der Waals surface area contributed by atoms with Gasteiger partial charge in [0.2, 0.25) is 5.60 Å². The maximum Gasteiger partial charge on any atom is 0.433 e. The Balaban J connectivity index is 2.21. The summed E-state index contributed by atoms with van der Waals surface area (Å²) in [7, 11) is 0. The summed E-state index contributed by atoms with van der Waals surface area (Å²) >= 11 is 3.21. The SMILES string of the molecule is O=C(O)C1=Cc2ccccc2OC1(Cc1ccccc1Br)C(F)(F)F. The number of hydrogen-bond donors (Lipinski definition) is 1. The summed E-state index contributed by atoms with van der Waals surface area (Å²) in [6.45, 7) is 0. The molecule has 2 aromatic carbocycles. The lowest BCUT2D eigenvalue weighted by atomic mass is 9.82. The van der Waals surface area contributed by atoms with E-state index in [0.29, 0.717) is 15.6 Å². The number of carboxylic acids is 1. The van der Waals surface area contributed by atoms with E-state index in [0.717, 1.165) is 6.08 Å². The molecule has 3 rings (SSSR count). The Hall–Kier alpha value is -2.28. The average molecular weight is 413 g/mol. The number of rotatable bonds is 3. The molecule has 25 heavy (non-hydrogen) atoms. The first kappa shape index (κ1) is 17.5. The van der Waals surface area contributed by atoms with Crippen LogP contribution in [0.1, 0.15) is 11.1 Å². The Bertz CT molecular complexity index is 861. The highest BCUT2D eigenvalue weighted by atomic mass is 79.9. The van der Waals surface area contributed by atoms with Crippen molar-refractivity contribution >= 4 is 28.0 Å². The smallest absolute Gasteiger partial charge is 0.433 e. The highest BCUT2D eigenvalue weighted by Gasteiger charge is 2.63. The topological polar surface area (TPSA) is 46.5 Å². The van der Waals surface area contributed by atoms with Crippen molar-refractivity contribution < 1.29 is 27.8 Å². The maximum absolute atomic E-state index is 14.1. The highest BCUT2D eigenvalue weighted by Crippen LogP contribution is 2.47. The van der Waals surface area contributed by atoms with Gasteiger partial charge in [-0.05, 0) is 23.8 Å². The second-order valence-corrected chi connectivity index (χ2v) is 6.45. The molecule has 1 aliphatic heterocycles. The standard InChI is InChI=1S/C18H12BrF3O3/c19-14-7-3-1-6-12(14)10-17(18(20,21)22)13(16(23)24)9-11-5-2-4-8-15(11)25-17/h1-9H,10H2,(H,23,24). The van der Waals surface area contributed by atoms with Gasteiger partial charge in [0.05, 0.1) is 5.57 Å². The molecule has 130 valence electrons. The summed E-state index contributed by atoms with van der Waals surface area (Å²) < 4.78 is 48.0. The third kappa shape index (κ3) is 3.04. The van der Waals surface area contributed by atoms with Gasteiger partial charge in [-0.3, -0.25) is 0 Å². The summed E-state index contributed by atoms with van der Waals surface area (Å²) in [5, 5.41) is 9.45. The number of benzene rings is 2. The molecule has 1 heterocycles. The van der Waals surface area contributed by atoms with Crippen molar-refractivity contribution in [3.8, 4) is 5.75 Å². The first-order valence-corrected chi connectivity index (χ1v) is 8.07. The molecule has 0 fully saturated rings. The highest BCUT2D eigenvalue weighted by molar-refractivity contribution is 9.10. The largest absolute Gasteiger partial charge is 0.478 e. The summed E-state index contributed by atoms with van der Waals surface area (Å²) in [6, 6.07) is 12.4. The summed E-state index contributed by atoms with van der Waals surface area (Å²) in [5.74, 6) is -1.67. The molecule has 1 atom stereocenters. The van der Waals surface area contributed by atoms with Crippen molar-refractivity contribution in [2.75, 3.05) is 0 Å². The van der Waals surface area contributed by atoms with Gasteiger partial charge in [0.25, 0.3) is 0 Å². The third-order valence-corrected chi connectivity index (χ3v) is 4.80. The first-order chi connectivity index (χ1) is 11.7. The van der Waals surface area contributed by atoms with Crippen LogP contribution in [0.2, 0.25) is 0 Å². The van der Waals surface area contributed by atoms with Gasteiger partial charge in [0.15, 0.2) is 0 Å². The minimum Gasteiger partial charge on any atom is -0.478 e. The van der Waals surface area contributed by atoms with Crippen molar-refractivity contribution in [2.24, 2.45) is 0 Å². The monoisotopic (exact) mass is 412 g/mol. The van der Waals surface area contributed by atoms with Crippen LogP contribution in [0, 0.1) is 0 Å². The summed E-state index contributed by atoms with van der Waals surface area (Å²) in [4.78, 5) is 11.6. The molecule has 0 aromatic heterocycles. The van der Waals surface area contributed by atoms with E-state index < -0.39 is 29.7 Å². The maximum atomic E-state index is 14.1. The molecule has 1 aliphatic rings. The Morgan fingerprint density at radius 3 is 2.40 bits per heavy atom. The van der Waals surface area contributed by atoms with Crippen molar-refractivity contribution in [1.82, 2.24) is 0 Å². The van der Waals surface area contributed by atoms with E-state index in [4.69, 9.17) is 4.74 Å². The first-order valence-electron chi connectivity index (χ1n) is 7.28. The van der Waals surface area contributed by atoms with Crippen LogP contribution in [-0.2, 0) is 11.2 Å². The van der Waals surface area contributed by atoms with E-state index in [-0.39, 0.29) is 5.75 Å². The fraction of sp³-hybridized carbons (Fsp3) is 0.167. The molecule has 7 heteroatoms. The van der Waals surface area contributed by atoms with Gasteiger partial charge in [-0.25, -0.2) is 4.79 Å². The Morgan fingerprint density at radius 2 is 1.76 bits per heavy atom. The van der Waals surface area contributed by atoms with Crippen molar-refractivity contribution in [3.63, 3.8) is 0 Å². The fourth-order valence-corrected chi connectivity index (χ4v) is 3.22. The van der Waals surface area contributed by atoms with Crippen LogP contribution < -0.4 is 4.74 Å². The number of fused-ring (bicyclic) bond motifs is 1. The Morgan fingerprint density at radius 1 is 1.12 bits per heavy atom. The van der Waals surface area contributed by atoms with E-state index in [1.807, 2.05) is 0 Å². The van der Waals surface area contributed by atoms with Crippen LogP contribution in [0.4, 0.5) is 13.2 Å². The van der Waals surface area contributed by atoms with Crippen molar-refractivity contribution in [1.29, 1.82) is 0 Å². The van der Waals surface area contributed by atoms with E-state index in [1.165, 1.54) is 24.3 Å². The molecule has 0 saturated heterocycles. The molecule has 0 bridgehead atoms. The molecule has 0 spiro atoms. The number of para-hydroxylation sites is 1. The van der Waals surface area contributed by atoms with E-state index in [9.17, 15) is 23.1 Å². The van der Waals surface area contributed by atoms with Gasteiger partial charge >= 0.3 is 12.1 Å². The Labute approximate surface area is 149 Å². The zero-order valence-electron chi connectivity index (χ0n) is 12.7. The van der Waals surface area contributed by atoms with Crippen LogP contribution in [0.5, 0.6) is 5.75 Å². The molecular formula is C18H12BrF3O3. The molecule has 0 amide bonds. The molecule has 0 saturated carbocycles. The van der Waals surface area contributed by atoms with E-state index >= 15 is 0 Å². The number of alkyl halides is 3. The van der Waals surface area contributed by atoms with Crippen LogP contribution >= 0.6 is 15.9 Å². The zero-order valence-corrected chi connectivity index (χ0v) is 14.3. The van der Waals surface area contributed by atoms with Gasteiger partial charge in [-0.1, -0.05) is 52.3 Å². The second kappa shape index (κ2) is 6.22. The zero-order chi connectivity index (χ0) is 18.2. The van der Waals surface area contributed by atoms with Gasteiger partial charge in [0.1, 0.15) is 5.75 Å². The number of halogens is 4. The summed E-state index contributed by atoms with van der Waals surface area (Å²) in [6.07, 6.45) is -4.56. The normalized spacial score (nSPS) is 19.6. The van der Waals surface area contributed by atoms with Crippen molar-refractivity contribution in [2.45, 2.75) is 18.2 Å². The number of carbonyl (C=O) groups is 1. The predicted octanol–water partition coefficient (Wildman–Crippen LogP) is 4.85. The number of ether oxygens (including phenoxy) is 1. The van der Waals surface area contributed by atoms with Gasteiger partial charge < -0.3 is 9.84 Å². The molecule has 0 aliphatic carbocycles.